The van der Waals surface area contributed by atoms with Gasteiger partial charge in [-0.15, -0.1) is 0 Å². The van der Waals surface area contributed by atoms with Crippen molar-refractivity contribution in [2.24, 2.45) is 0 Å². The molecule has 0 aliphatic carbocycles. The summed E-state index contributed by atoms with van der Waals surface area (Å²) in [5.41, 5.74) is 0.339. The Balaban J connectivity index is 1.79. The molecule has 0 spiro atoms. The van der Waals surface area contributed by atoms with Crippen molar-refractivity contribution in [2.75, 3.05) is 31.2 Å². The van der Waals surface area contributed by atoms with E-state index >= 15 is 0 Å². The molecule has 0 saturated carbocycles. The quantitative estimate of drug-likeness (QED) is 0.583. The molecule has 0 amide bonds. The number of hydrogen-bond acceptors (Lipinski definition) is 5. The largest absolute Gasteiger partial charge is 0.416 e. The van der Waals surface area contributed by atoms with E-state index in [4.69, 9.17) is 4.74 Å². The molecule has 2 heterocycles. The van der Waals surface area contributed by atoms with Gasteiger partial charge in [-0.3, -0.25) is 4.79 Å². The summed E-state index contributed by atoms with van der Waals surface area (Å²) in [5, 5.41) is 0.449. The zero-order chi connectivity index (χ0) is 21.5. The molecule has 30 heavy (non-hydrogen) atoms. The van der Waals surface area contributed by atoms with E-state index in [-0.39, 0.29) is 16.0 Å². The first-order valence-corrected chi connectivity index (χ1v) is 10.5. The summed E-state index contributed by atoms with van der Waals surface area (Å²) >= 11 is 0. The molecule has 0 N–H and O–H groups in total. The van der Waals surface area contributed by atoms with E-state index in [0.717, 1.165) is 33.9 Å². The maximum atomic E-state index is 13.1. The van der Waals surface area contributed by atoms with Crippen LogP contribution in [-0.4, -0.2) is 45.0 Å². The molecule has 1 saturated heterocycles. The summed E-state index contributed by atoms with van der Waals surface area (Å²) in [6.07, 6.45) is -2.82. The number of nitrogens with zero attached hydrogens (tertiary/aromatic N) is 2. The minimum absolute atomic E-state index is 0.176. The molecule has 3 aromatic rings. The van der Waals surface area contributed by atoms with Gasteiger partial charge in [0.05, 0.1) is 29.2 Å². The molecule has 0 bridgehead atoms. The highest BCUT2D eigenvalue weighted by molar-refractivity contribution is 7.90. The third kappa shape index (κ3) is 3.56. The average Bonchev–Trinajstić information content (AvgIpc) is 3.12. The van der Waals surface area contributed by atoms with E-state index in [0.29, 0.717) is 38.0 Å². The second kappa shape index (κ2) is 7.44. The Labute approximate surface area is 170 Å². The number of ether oxygens (including phenoxy) is 1. The number of anilines is 1. The molecule has 0 unspecified atom stereocenters. The fourth-order valence-corrected chi connectivity index (χ4v) is 4.83. The lowest BCUT2D eigenvalue weighted by Gasteiger charge is -2.29. The van der Waals surface area contributed by atoms with Gasteiger partial charge in [0.2, 0.25) is 0 Å². The number of alkyl halides is 3. The van der Waals surface area contributed by atoms with Gasteiger partial charge in [-0.05, 0) is 42.5 Å². The number of halogens is 3. The maximum Gasteiger partial charge on any atom is 0.416 e. The Morgan fingerprint density at radius 2 is 1.67 bits per heavy atom. The Bertz CT molecular complexity index is 1200. The van der Waals surface area contributed by atoms with Gasteiger partial charge >= 0.3 is 6.18 Å². The maximum absolute atomic E-state index is 13.1. The highest BCUT2D eigenvalue weighted by Gasteiger charge is 2.31. The number of carbonyl (C=O) groups is 1. The Hall–Kier alpha value is -2.85. The smallest absolute Gasteiger partial charge is 0.378 e. The minimum atomic E-state index is -4.57. The van der Waals surface area contributed by atoms with Gasteiger partial charge in [-0.1, -0.05) is 0 Å². The van der Waals surface area contributed by atoms with Gasteiger partial charge < -0.3 is 9.64 Å². The average molecular weight is 438 g/mol. The topological polar surface area (TPSA) is 68.6 Å². The molecular formula is C20H17F3N2O4S. The predicted octanol–water partition coefficient (Wildman–Crippen LogP) is 3.55. The molecule has 0 atom stereocenters. The van der Waals surface area contributed by atoms with Crippen LogP contribution in [0, 0.1) is 0 Å². The van der Waals surface area contributed by atoms with Crippen LogP contribution in [0.4, 0.5) is 18.9 Å². The third-order valence-corrected chi connectivity index (χ3v) is 6.71. The molecule has 1 aliphatic heterocycles. The number of morpholine rings is 1. The zero-order valence-corrected chi connectivity index (χ0v) is 16.4. The van der Waals surface area contributed by atoms with Crippen molar-refractivity contribution in [1.82, 2.24) is 3.97 Å². The van der Waals surface area contributed by atoms with Crippen molar-refractivity contribution in [2.45, 2.75) is 11.1 Å². The lowest BCUT2D eigenvalue weighted by atomic mass is 10.1. The van der Waals surface area contributed by atoms with E-state index in [1.165, 1.54) is 6.20 Å². The van der Waals surface area contributed by atoms with Crippen LogP contribution in [0.2, 0.25) is 0 Å². The number of rotatable bonds is 4. The van der Waals surface area contributed by atoms with Crippen LogP contribution in [0.5, 0.6) is 0 Å². The third-order valence-electron chi connectivity index (χ3n) is 5.03. The highest BCUT2D eigenvalue weighted by atomic mass is 32.2. The Kier molecular flexibility index (Phi) is 5.07. The van der Waals surface area contributed by atoms with Gasteiger partial charge in [-0.2, -0.15) is 13.2 Å². The number of aldehydes is 1. The van der Waals surface area contributed by atoms with Crippen LogP contribution in [-0.2, 0) is 20.9 Å². The van der Waals surface area contributed by atoms with Crippen molar-refractivity contribution >= 4 is 32.9 Å². The van der Waals surface area contributed by atoms with E-state index in [9.17, 15) is 26.4 Å². The van der Waals surface area contributed by atoms with Crippen LogP contribution in [0.1, 0.15) is 15.9 Å². The molecule has 1 fully saturated rings. The standard InChI is InChI=1S/C20H17F3N2O4S/c21-20(22,23)15-1-4-17(5-2-15)30(27,28)25-12-14(13-26)18-11-16(3-6-19(18)25)24-7-9-29-10-8-24/h1-6,11-13H,7-10H2. The molecule has 158 valence electrons. The first-order valence-electron chi connectivity index (χ1n) is 9.07. The van der Waals surface area contributed by atoms with Gasteiger partial charge in [0, 0.05) is 35.9 Å². The van der Waals surface area contributed by atoms with Crippen LogP contribution in [0.15, 0.2) is 53.6 Å². The molecular weight excluding hydrogens is 421 g/mol. The number of fused-ring (bicyclic) bond motifs is 1. The van der Waals surface area contributed by atoms with Crippen LogP contribution < -0.4 is 4.90 Å². The van der Waals surface area contributed by atoms with Crippen LogP contribution in [0.25, 0.3) is 10.9 Å². The van der Waals surface area contributed by atoms with E-state index in [2.05, 4.69) is 4.90 Å². The van der Waals surface area contributed by atoms with E-state index < -0.39 is 21.8 Å². The minimum Gasteiger partial charge on any atom is -0.378 e. The van der Waals surface area contributed by atoms with Crippen LogP contribution >= 0.6 is 0 Å². The number of carbonyl (C=O) groups excluding carboxylic acids is 1. The fraction of sp³-hybridized carbons (Fsp3) is 0.250. The number of benzene rings is 2. The first-order chi connectivity index (χ1) is 14.2. The van der Waals surface area contributed by atoms with Crippen molar-refractivity contribution in [3.8, 4) is 0 Å². The normalized spacial score (nSPS) is 15.5. The molecule has 6 nitrogen and oxygen atoms in total. The first kappa shape index (κ1) is 20.4. The van der Waals surface area contributed by atoms with Crippen LogP contribution in [0.3, 0.4) is 0 Å². The van der Waals surface area contributed by atoms with Crippen molar-refractivity contribution in [3.05, 3.63) is 59.8 Å². The second-order valence-corrected chi connectivity index (χ2v) is 8.64. The lowest BCUT2D eigenvalue weighted by molar-refractivity contribution is -0.137. The van der Waals surface area contributed by atoms with E-state index in [1.807, 2.05) is 0 Å². The Morgan fingerprint density at radius 3 is 2.27 bits per heavy atom. The summed E-state index contributed by atoms with van der Waals surface area (Å²) in [4.78, 5) is 13.3. The number of hydrogen-bond donors (Lipinski definition) is 0. The van der Waals surface area contributed by atoms with Crippen molar-refractivity contribution < 1.29 is 31.1 Å². The summed E-state index contributed by atoms with van der Waals surface area (Å²) in [6.45, 7) is 2.49. The molecule has 1 aliphatic rings. The van der Waals surface area contributed by atoms with Gasteiger partial charge in [0.15, 0.2) is 6.29 Å². The van der Waals surface area contributed by atoms with Gasteiger partial charge in [-0.25, -0.2) is 12.4 Å². The molecule has 10 heteroatoms. The van der Waals surface area contributed by atoms with Crippen molar-refractivity contribution in [3.63, 3.8) is 0 Å². The summed E-state index contributed by atoms with van der Waals surface area (Å²) < 4.78 is 70.7. The molecule has 1 aromatic heterocycles. The summed E-state index contributed by atoms with van der Waals surface area (Å²) in [7, 11) is -4.20. The molecule has 0 radical (unpaired) electrons. The van der Waals surface area contributed by atoms with Gasteiger partial charge in [0.1, 0.15) is 0 Å². The Morgan fingerprint density at radius 1 is 1.00 bits per heavy atom. The molecule has 2 aromatic carbocycles. The zero-order valence-electron chi connectivity index (χ0n) is 15.6. The molecule has 4 rings (SSSR count). The number of aromatic nitrogens is 1. The van der Waals surface area contributed by atoms with Gasteiger partial charge in [0.25, 0.3) is 10.0 Å². The summed E-state index contributed by atoms with van der Waals surface area (Å²) in [5.74, 6) is 0. The highest BCUT2D eigenvalue weighted by Crippen LogP contribution is 2.32. The predicted molar refractivity (Wildman–Crippen MR) is 104 cm³/mol. The van der Waals surface area contributed by atoms with E-state index in [1.54, 1.807) is 18.2 Å². The monoisotopic (exact) mass is 438 g/mol. The summed E-state index contributed by atoms with van der Waals surface area (Å²) in [6, 6.07) is 8.34. The fourth-order valence-electron chi connectivity index (χ4n) is 3.45. The second-order valence-electron chi connectivity index (χ2n) is 6.83. The van der Waals surface area contributed by atoms with Crippen molar-refractivity contribution in [1.29, 1.82) is 0 Å². The SMILES string of the molecule is O=Cc1cn(S(=O)(=O)c2ccc(C(F)(F)F)cc2)c2ccc(N3CCOCC3)cc12. The lowest BCUT2D eigenvalue weighted by Crippen LogP contribution is -2.36.